The maximum absolute atomic E-state index is 11.3. The topological polar surface area (TPSA) is 60.9 Å². The second kappa shape index (κ2) is 9.31. The Balaban J connectivity index is 1.49. The van der Waals surface area contributed by atoms with Crippen LogP contribution in [0, 0.1) is 0 Å². The molecule has 0 amide bonds. The van der Waals surface area contributed by atoms with E-state index >= 15 is 0 Å². The van der Waals surface area contributed by atoms with Crippen molar-refractivity contribution in [3.05, 3.63) is 48.6 Å². The summed E-state index contributed by atoms with van der Waals surface area (Å²) in [5.41, 5.74) is 3.23. The molecule has 0 saturated carbocycles. The molecule has 0 unspecified atom stereocenters. The highest BCUT2D eigenvalue weighted by molar-refractivity contribution is 5.77. The van der Waals surface area contributed by atoms with Crippen molar-refractivity contribution < 1.29 is 9.21 Å². The van der Waals surface area contributed by atoms with Crippen molar-refractivity contribution in [2.45, 2.75) is 51.9 Å². The predicted molar refractivity (Wildman–Crippen MR) is 106 cm³/mol. The lowest BCUT2D eigenvalue weighted by atomic mass is 10.1. The Kier molecular flexibility index (Phi) is 6.58. The van der Waals surface area contributed by atoms with Gasteiger partial charge in [-0.15, -0.1) is 0 Å². The molecule has 5 nitrogen and oxygen atoms in total. The van der Waals surface area contributed by atoms with Crippen LogP contribution >= 0.6 is 0 Å². The molecule has 0 fully saturated rings. The van der Waals surface area contributed by atoms with Gasteiger partial charge >= 0.3 is 0 Å². The van der Waals surface area contributed by atoms with Gasteiger partial charge in [-0.3, -0.25) is 9.48 Å². The zero-order chi connectivity index (χ0) is 19.1. The molecule has 5 heteroatoms. The van der Waals surface area contributed by atoms with E-state index in [1.165, 1.54) is 0 Å². The Bertz CT molecular complexity index is 862. The van der Waals surface area contributed by atoms with Crippen LogP contribution < -0.4 is 0 Å². The van der Waals surface area contributed by atoms with Crippen LogP contribution in [0.2, 0.25) is 0 Å². The number of unbranched alkanes of at least 4 members (excludes halogenated alkanes) is 3. The Morgan fingerprint density at radius 1 is 1.04 bits per heavy atom. The monoisotopic (exact) mass is 365 g/mol. The normalized spacial score (nSPS) is 11.0. The molecule has 0 aliphatic carbocycles. The Labute approximate surface area is 160 Å². The molecule has 0 saturated heterocycles. The molecule has 2 aromatic heterocycles. The third-order valence-corrected chi connectivity index (χ3v) is 4.83. The van der Waals surface area contributed by atoms with Crippen molar-refractivity contribution in [2.24, 2.45) is 7.05 Å². The number of carbonyl (C=O) groups is 1. The molecular formula is C22H27N3O2. The largest absolute Gasteiger partial charge is 0.441 e. The van der Waals surface area contributed by atoms with E-state index in [0.717, 1.165) is 60.6 Å². The summed E-state index contributed by atoms with van der Waals surface area (Å²) in [6, 6.07) is 10.3. The summed E-state index contributed by atoms with van der Waals surface area (Å²) in [5.74, 6) is 1.95. The van der Waals surface area contributed by atoms with Gasteiger partial charge in [0.05, 0.1) is 11.9 Å². The fraction of sp³-hybridized carbons (Fsp3) is 0.409. The second-order valence-corrected chi connectivity index (χ2v) is 6.84. The number of rotatable bonds is 10. The van der Waals surface area contributed by atoms with Crippen molar-refractivity contribution in [2.75, 3.05) is 0 Å². The lowest BCUT2D eigenvalue weighted by Gasteiger charge is -2.03. The van der Waals surface area contributed by atoms with Crippen LogP contribution in [0.5, 0.6) is 0 Å². The first-order chi connectivity index (χ1) is 13.2. The van der Waals surface area contributed by atoms with Gasteiger partial charge in [0.2, 0.25) is 0 Å². The number of benzene rings is 1. The van der Waals surface area contributed by atoms with E-state index < -0.39 is 0 Å². The molecular weight excluding hydrogens is 338 g/mol. The third kappa shape index (κ3) is 5.16. The summed E-state index contributed by atoms with van der Waals surface area (Å²) >= 11 is 0. The lowest BCUT2D eigenvalue weighted by molar-refractivity contribution is -0.118. The van der Waals surface area contributed by atoms with Gasteiger partial charge in [0.15, 0.2) is 11.7 Å². The van der Waals surface area contributed by atoms with Gasteiger partial charge in [0, 0.05) is 38.1 Å². The quantitative estimate of drug-likeness (QED) is 0.463. The van der Waals surface area contributed by atoms with E-state index in [-0.39, 0.29) is 0 Å². The first kappa shape index (κ1) is 19.1. The lowest BCUT2D eigenvalue weighted by Crippen LogP contribution is -1.94. The van der Waals surface area contributed by atoms with E-state index in [4.69, 9.17) is 4.42 Å². The number of oxazole rings is 1. The van der Waals surface area contributed by atoms with Crippen molar-refractivity contribution in [3.63, 3.8) is 0 Å². The van der Waals surface area contributed by atoms with Crippen molar-refractivity contribution >= 4 is 5.78 Å². The minimum absolute atomic E-state index is 0.363. The average Bonchev–Trinajstić information content (AvgIpc) is 3.33. The number of aromatic nitrogens is 3. The molecule has 3 rings (SSSR count). The molecule has 0 spiro atoms. The molecule has 0 aliphatic rings. The standard InChI is InChI=1S/C22H27N3O2/c1-3-19(26)8-6-4-5-7-9-22-23-16-21(27-22)18-12-10-17(11-13-18)20-14-15-24-25(20)2/h10-16H,3-9H2,1-2H3. The first-order valence-electron chi connectivity index (χ1n) is 9.72. The Morgan fingerprint density at radius 3 is 2.48 bits per heavy atom. The SMILES string of the molecule is CCC(=O)CCCCCCc1ncc(-c2ccc(-c3ccnn3C)cc2)o1. The molecule has 27 heavy (non-hydrogen) atoms. The van der Waals surface area contributed by atoms with Gasteiger partial charge in [0.25, 0.3) is 0 Å². The molecule has 2 heterocycles. The highest BCUT2D eigenvalue weighted by atomic mass is 16.4. The van der Waals surface area contributed by atoms with Crippen LogP contribution in [0.4, 0.5) is 0 Å². The number of hydrogen-bond acceptors (Lipinski definition) is 4. The maximum atomic E-state index is 11.3. The van der Waals surface area contributed by atoms with Crippen molar-refractivity contribution in [1.82, 2.24) is 14.8 Å². The van der Waals surface area contributed by atoms with Crippen molar-refractivity contribution in [3.8, 4) is 22.6 Å². The van der Waals surface area contributed by atoms with E-state index in [0.29, 0.717) is 18.6 Å². The van der Waals surface area contributed by atoms with Gasteiger partial charge < -0.3 is 4.42 Å². The second-order valence-electron chi connectivity index (χ2n) is 6.84. The molecule has 0 aliphatic heterocycles. The number of nitrogens with zero attached hydrogens (tertiary/aromatic N) is 3. The van der Waals surface area contributed by atoms with Gasteiger partial charge in [0.1, 0.15) is 5.78 Å². The minimum Gasteiger partial charge on any atom is -0.441 e. The van der Waals surface area contributed by atoms with Crippen LogP contribution in [0.1, 0.15) is 51.3 Å². The summed E-state index contributed by atoms with van der Waals surface area (Å²) in [4.78, 5) is 15.7. The van der Waals surface area contributed by atoms with E-state index in [1.807, 2.05) is 24.7 Å². The van der Waals surface area contributed by atoms with Crippen LogP contribution in [0.3, 0.4) is 0 Å². The summed E-state index contributed by atoms with van der Waals surface area (Å²) < 4.78 is 7.76. The molecule has 142 valence electrons. The third-order valence-electron chi connectivity index (χ3n) is 4.83. The fourth-order valence-electron chi connectivity index (χ4n) is 3.15. The van der Waals surface area contributed by atoms with Crippen LogP contribution in [-0.4, -0.2) is 20.5 Å². The smallest absolute Gasteiger partial charge is 0.194 e. The predicted octanol–water partition coefficient (Wildman–Crippen LogP) is 5.21. The number of aryl methyl sites for hydroxylation is 2. The maximum Gasteiger partial charge on any atom is 0.194 e. The molecule has 0 radical (unpaired) electrons. The summed E-state index contributed by atoms with van der Waals surface area (Å²) in [5, 5.41) is 4.21. The molecule has 0 bridgehead atoms. The minimum atomic E-state index is 0.363. The molecule has 1 aromatic carbocycles. The van der Waals surface area contributed by atoms with Gasteiger partial charge in [-0.25, -0.2) is 4.98 Å². The summed E-state index contributed by atoms with van der Waals surface area (Å²) in [6.45, 7) is 1.93. The fourth-order valence-corrected chi connectivity index (χ4v) is 3.15. The van der Waals surface area contributed by atoms with E-state index in [2.05, 4.69) is 34.3 Å². The summed E-state index contributed by atoms with van der Waals surface area (Å²) in [7, 11) is 1.94. The summed E-state index contributed by atoms with van der Waals surface area (Å²) in [6.07, 6.45) is 10.0. The highest BCUT2D eigenvalue weighted by Gasteiger charge is 2.08. The van der Waals surface area contributed by atoms with Crippen LogP contribution in [0.25, 0.3) is 22.6 Å². The number of ketones is 1. The Morgan fingerprint density at radius 2 is 1.78 bits per heavy atom. The van der Waals surface area contributed by atoms with Gasteiger partial charge in [-0.1, -0.05) is 44.0 Å². The Hall–Kier alpha value is -2.69. The van der Waals surface area contributed by atoms with Crippen molar-refractivity contribution in [1.29, 1.82) is 0 Å². The number of hydrogen-bond donors (Lipinski definition) is 0. The highest BCUT2D eigenvalue weighted by Crippen LogP contribution is 2.25. The van der Waals surface area contributed by atoms with Crippen LogP contribution in [0.15, 0.2) is 47.1 Å². The zero-order valence-electron chi connectivity index (χ0n) is 16.1. The average molecular weight is 365 g/mol. The van der Waals surface area contributed by atoms with E-state index in [9.17, 15) is 4.79 Å². The van der Waals surface area contributed by atoms with Gasteiger partial charge in [-0.05, 0) is 24.5 Å². The number of Topliss-reactive ketones (excluding diaryl/α,β-unsaturated/α-hetero) is 1. The first-order valence-corrected chi connectivity index (χ1v) is 9.72. The molecule has 3 aromatic rings. The van der Waals surface area contributed by atoms with E-state index in [1.54, 1.807) is 12.4 Å². The molecule has 0 atom stereocenters. The molecule has 0 N–H and O–H groups in total. The number of carbonyl (C=O) groups excluding carboxylic acids is 1. The van der Waals surface area contributed by atoms with Gasteiger partial charge in [-0.2, -0.15) is 5.10 Å². The van der Waals surface area contributed by atoms with Crippen LogP contribution in [-0.2, 0) is 18.3 Å². The zero-order valence-corrected chi connectivity index (χ0v) is 16.1.